The molecule has 0 radical (unpaired) electrons. The fraction of sp³-hybridized carbons (Fsp3) is 0.280. The van der Waals surface area contributed by atoms with E-state index >= 15 is 0 Å². The Kier molecular flexibility index (Phi) is 9.20. The molecular weight excluding hydrogens is 545 g/mol. The summed E-state index contributed by atoms with van der Waals surface area (Å²) in [6, 6.07) is 18.4. The second-order valence-electron chi connectivity index (χ2n) is 7.76. The number of furan rings is 1. The van der Waals surface area contributed by atoms with Crippen LogP contribution in [0.1, 0.15) is 23.0 Å². The number of halogens is 1. The third-order valence-electron chi connectivity index (χ3n) is 5.48. The Balaban J connectivity index is 0.00000324. The molecule has 1 aliphatic rings. The van der Waals surface area contributed by atoms with Gasteiger partial charge in [0.15, 0.2) is 11.7 Å². The Morgan fingerprint density at radius 2 is 1.85 bits per heavy atom. The third-order valence-corrected chi connectivity index (χ3v) is 5.48. The molecule has 0 atom stereocenters. The van der Waals surface area contributed by atoms with Gasteiger partial charge < -0.3 is 30.0 Å². The number of anilines is 2. The molecule has 1 aromatic heterocycles. The maximum absolute atomic E-state index is 12.2. The van der Waals surface area contributed by atoms with Gasteiger partial charge in [0.1, 0.15) is 5.75 Å². The predicted molar refractivity (Wildman–Crippen MR) is 145 cm³/mol. The number of rotatable bonds is 6. The number of hydrogen-bond acceptors (Lipinski definition) is 5. The van der Waals surface area contributed by atoms with Crippen molar-refractivity contribution in [3.63, 3.8) is 0 Å². The Labute approximate surface area is 216 Å². The number of benzene rings is 2. The van der Waals surface area contributed by atoms with Gasteiger partial charge >= 0.3 is 0 Å². The van der Waals surface area contributed by atoms with E-state index in [-0.39, 0.29) is 35.6 Å². The van der Waals surface area contributed by atoms with Crippen molar-refractivity contribution in [2.75, 3.05) is 42.9 Å². The van der Waals surface area contributed by atoms with Crippen LogP contribution in [0.3, 0.4) is 0 Å². The van der Waals surface area contributed by atoms with E-state index in [1.165, 1.54) is 6.26 Å². The van der Waals surface area contributed by atoms with Crippen LogP contribution in [0.5, 0.6) is 5.75 Å². The maximum Gasteiger partial charge on any atom is 0.291 e. The fourth-order valence-corrected chi connectivity index (χ4v) is 3.83. The van der Waals surface area contributed by atoms with Crippen LogP contribution in [0.4, 0.5) is 11.4 Å². The molecule has 1 aliphatic heterocycles. The lowest BCUT2D eigenvalue weighted by Crippen LogP contribution is -2.52. The number of para-hydroxylation sites is 2. The van der Waals surface area contributed by atoms with E-state index in [1.807, 2.05) is 42.5 Å². The van der Waals surface area contributed by atoms with Gasteiger partial charge in [-0.2, -0.15) is 0 Å². The van der Waals surface area contributed by atoms with Crippen LogP contribution in [0, 0.1) is 0 Å². The summed E-state index contributed by atoms with van der Waals surface area (Å²) in [7, 11) is 0. The molecule has 0 aliphatic carbocycles. The van der Waals surface area contributed by atoms with Gasteiger partial charge in [-0.1, -0.05) is 24.3 Å². The molecule has 1 fully saturated rings. The summed E-state index contributed by atoms with van der Waals surface area (Å²) >= 11 is 0. The quantitative estimate of drug-likeness (QED) is 0.233. The second-order valence-corrected chi connectivity index (χ2v) is 7.76. The molecule has 0 bridgehead atoms. The zero-order chi connectivity index (χ0) is 23.0. The highest BCUT2D eigenvalue weighted by atomic mass is 127. The molecule has 0 saturated carbocycles. The van der Waals surface area contributed by atoms with E-state index in [1.54, 1.807) is 18.2 Å². The molecule has 0 unspecified atom stereocenters. The van der Waals surface area contributed by atoms with Gasteiger partial charge in [-0.3, -0.25) is 4.79 Å². The molecular formula is C25H30IN5O3. The summed E-state index contributed by atoms with van der Waals surface area (Å²) in [5.41, 5.74) is 2.56. The van der Waals surface area contributed by atoms with Gasteiger partial charge in [0.25, 0.3) is 5.91 Å². The van der Waals surface area contributed by atoms with Crippen LogP contribution < -0.4 is 15.5 Å². The van der Waals surface area contributed by atoms with Crippen LogP contribution in [0.2, 0.25) is 0 Å². The van der Waals surface area contributed by atoms with Crippen molar-refractivity contribution in [2.24, 2.45) is 4.99 Å². The van der Waals surface area contributed by atoms with Crippen molar-refractivity contribution >= 4 is 47.2 Å². The molecule has 8 nitrogen and oxygen atoms in total. The highest BCUT2D eigenvalue weighted by molar-refractivity contribution is 14.0. The van der Waals surface area contributed by atoms with Gasteiger partial charge in [-0.05, 0) is 48.9 Å². The van der Waals surface area contributed by atoms with Crippen LogP contribution in [0.15, 0.2) is 76.3 Å². The summed E-state index contributed by atoms with van der Waals surface area (Å²) in [6.45, 7) is 6.54. The van der Waals surface area contributed by atoms with E-state index in [0.717, 1.165) is 49.9 Å². The monoisotopic (exact) mass is 575 g/mol. The number of nitrogens with zero attached hydrogens (tertiary/aromatic N) is 3. The number of amides is 1. The molecule has 180 valence electrons. The molecule has 3 aromatic rings. The van der Waals surface area contributed by atoms with E-state index in [2.05, 4.69) is 27.4 Å². The second kappa shape index (κ2) is 12.3. The van der Waals surface area contributed by atoms with E-state index < -0.39 is 0 Å². The Bertz CT molecular complexity index is 1100. The lowest BCUT2D eigenvalue weighted by Gasteiger charge is -2.37. The smallest absolute Gasteiger partial charge is 0.291 e. The average molecular weight is 575 g/mol. The van der Waals surface area contributed by atoms with E-state index in [9.17, 15) is 9.90 Å². The number of aliphatic imine (C=N–C) groups is 1. The van der Waals surface area contributed by atoms with Crippen molar-refractivity contribution in [3.05, 3.63) is 78.3 Å². The molecule has 9 heteroatoms. The normalized spacial score (nSPS) is 13.9. The minimum atomic E-state index is -0.281. The fourth-order valence-electron chi connectivity index (χ4n) is 3.83. The minimum Gasteiger partial charge on any atom is -0.506 e. The first kappa shape index (κ1) is 25.4. The van der Waals surface area contributed by atoms with Crippen molar-refractivity contribution in [3.8, 4) is 5.75 Å². The van der Waals surface area contributed by atoms with Crippen LogP contribution in [0.25, 0.3) is 0 Å². The van der Waals surface area contributed by atoms with Crippen LogP contribution >= 0.6 is 24.0 Å². The summed E-state index contributed by atoms with van der Waals surface area (Å²) in [6.07, 6.45) is 1.48. The molecule has 4 rings (SSSR count). The summed E-state index contributed by atoms with van der Waals surface area (Å²) in [5, 5.41) is 16.4. The zero-order valence-electron chi connectivity index (χ0n) is 19.1. The first-order chi connectivity index (χ1) is 16.1. The number of carbonyl (C=O) groups is 1. The lowest BCUT2D eigenvalue weighted by molar-refractivity contribution is 0.0996. The third kappa shape index (κ3) is 6.43. The number of guanidine groups is 1. The Morgan fingerprint density at radius 1 is 1.06 bits per heavy atom. The molecule has 34 heavy (non-hydrogen) atoms. The number of phenols is 1. The maximum atomic E-state index is 12.2. The van der Waals surface area contributed by atoms with Gasteiger partial charge in [0.05, 0.1) is 18.5 Å². The molecule has 1 amide bonds. The number of piperazine rings is 1. The molecule has 0 spiro atoms. The minimum absolute atomic E-state index is 0. The molecule has 2 aromatic carbocycles. The highest BCUT2D eigenvalue weighted by Gasteiger charge is 2.21. The number of nitrogens with one attached hydrogen (secondary N) is 2. The molecule has 2 heterocycles. The number of aromatic hydroxyl groups is 1. The highest BCUT2D eigenvalue weighted by Crippen LogP contribution is 2.27. The van der Waals surface area contributed by atoms with Gasteiger partial charge in [-0.15, -0.1) is 24.0 Å². The van der Waals surface area contributed by atoms with Crippen molar-refractivity contribution in [1.29, 1.82) is 0 Å². The zero-order valence-corrected chi connectivity index (χ0v) is 21.4. The van der Waals surface area contributed by atoms with Crippen molar-refractivity contribution in [2.45, 2.75) is 13.5 Å². The van der Waals surface area contributed by atoms with Crippen molar-refractivity contribution in [1.82, 2.24) is 10.2 Å². The topological polar surface area (TPSA) is 93.3 Å². The standard InChI is InChI=1S/C25H29N5O3.HI/c1-2-26-25(30-14-12-29(13-15-30)21-9-3-4-10-22(21)31)27-18-19-7-5-8-20(17-19)28-24(32)23-11-6-16-33-23;/h3-11,16-17,31H,2,12-15,18H2,1H3,(H,26,27)(H,28,32);1H. The van der Waals surface area contributed by atoms with E-state index in [0.29, 0.717) is 18.0 Å². The Morgan fingerprint density at radius 3 is 2.56 bits per heavy atom. The number of carbonyl (C=O) groups excluding carboxylic acids is 1. The number of phenolic OH excluding ortho intramolecular Hbond substituents is 1. The number of hydrogen-bond donors (Lipinski definition) is 3. The lowest BCUT2D eigenvalue weighted by atomic mass is 10.2. The first-order valence-corrected chi connectivity index (χ1v) is 11.1. The summed E-state index contributed by atoms with van der Waals surface area (Å²) in [4.78, 5) is 21.5. The average Bonchev–Trinajstić information content (AvgIpc) is 3.38. The van der Waals surface area contributed by atoms with Gasteiger partial charge in [0.2, 0.25) is 0 Å². The van der Waals surface area contributed by atoms with Gasteiger partial charge in [0, 0.05) is 38.4 Å². The summed E-state index contributed by atoms with van der Waals surface area (Å²) in [5.74, 6) is 1.16. The summed E-state index contributed by atoms with van der Waals surface area (Å²) < 4.78 is 5.15. The van der Waals surface area contributed by atoms with Gasteiger partial charge in [-0.25, -0.2) is 4.99 Å². The Hall–Kier alpha value is -3.21. The molecule has 1 saturated heterocycles. The van der Waals surface area contributed by atoms with Crippen LogP contribution in [-0.2, 0) is 6.54 Å². The largest absolute Gasteiger partial charge is 0.506 e. The predicted octanol–water partition coefficient (Wildman–Crippen LogP) is 4.14. The van der Waals surface area contributed by atoms with Crippen LogP contribution in [-0.4, -0.2) is 54.6 Å². The molecule has 3 N–H and O–H groups in total. The SMILES string of the molecule is CCNC(=NCc1cccc(NC(=O)c2ccco2)c1)N1CCN(c2ccccc2O)CC1.I. The van der Waals surface area contributed by atoms with Crippen molar-refractivity contribution < 1.29 is 14.3 Å². The van der Waals surface area contributed by atoms with E-state index in [4.69, 9.17) is 9.41 Å². The first-order valence-electron chi connectivity index (χ1n) is 11.1.